The van der Waals surface area contributed by atoms with E-state index in [2.05, 4.69) is 10.5 Å². The number of hydrogen-bond donors (Lipinski definition) is 2. The lowest BCUT2D eigenvalue weighted by Gasteiger charge is -2.10. The van der Waals surface area contributed by atoms with E-state index in [1.165, 1.54) is 23.3 Å². The third-order valence-corrected chi connectivity index (χ3v) is 3.80. The average molecular weight is 290 g/mol. The molecule has 108 valence electrons. The predicted molar refractivity (Wildman–Crippen MR) is 80.0 cm³/mol. The van der Waals surface area contributed by atoms with Crippen LogP contribution in [-0.2, 0) is 6.18 Å². The Morgan fingerprint density at radius 2 is 1.33 bits per heavy atom. The summed E-state index contributed by atoms with van der Waals surface area (Å²) in [6.07, 6.45) is -4.30. The van der Waals surface area contributed by atoms with Gasteiger partial charge in [0.15, 0.2) is 0 Å². The van der Waals surface area contributed by atoms with Gasteiger partial charge in [-0.3, -0.25) is 0 Å². The van der Waals surface area contributed by atoms with Gasteiger partial charge in [-0.15, -0.1) is 0 Å². The van der Waals surface area contributed by atoms with Gasteiger partial charge in [0.1, 0.15) is 0 Å². The molecule has 1 aliphatic heterocycles. The van der Waals surface area contributed by atoms with E-state index < -0.39 is 11.7 Å². The number of anilines is 2. The smallest absolute Gasteiger partial charge is 0.404 e. The molecule has 0 saturated carbocycles. The molecule has 0 saturated heterocycles. The first-order valence-electron chi connectivity index (χ1n) is 6.66. The van der Waals surface area contributed by atoms with Crippen LogP contribution in [0.5, 0.6) is 0 Å². The fourth-order valence-corrected chi connectivity index (χ4v) is 2.43. The molecule has 0 bridgehead atoms. The third kappa shape index (κ3) is 2.58. The molecule has 0 radical (unpaired) electrons. The maximum Gasteiger partial charge on any atom is 0.416 e. The van der Waals surface area contributed by atoms with Gasteiger partial charge in [-0.2, -0.15) is 13.2 Å². The van der Waals surface area contributed by atoms with E-state index in [1.807, 2.05) is 26.0 Å². The topological polar surface area (TPSA) is 24.1 Å². The minimum absolute atomic E-state index is 0.205. The molecule has 2 nitrogen and oxygen atoms in total. The summed E-state index contributed by atoms with van der Waals surface area (Å²) in [6.45, 7) is 3.86. The van der Waals surface area contributed by atoms with Crippen LogP contribution in [-0.4, -0.2) is 6.98 Å². The fraction of sp³-hybridized carbons (Fsp3) is 0.200. The van der Waals surface area contributed by atoms with Gasteiger partial charge in [0.25, 0.3) is 0 Å². The van der Waals surface area contributed by atoms with E-state index in [-0.39, 0.29) is 6.98 Å². The SMILES string of the molecule is Cc1cc2c(cc1C)NB(c1ccc(C(F)(F)F)cc1)N2. The summed E-state index contributed by atoms with van der Waals surface area (Å²) in [5, 5.41) is 6.57. The zero-order valence-electron chi connectivity index (χ0n) is 11.7. The number of nitrogens with one attached hydrogen (secondary N) is 2. The Bertz CT molecular complexity index is 650. The van der Waals surface area contributed by atoms with Gasteiger partial charge in [0.2, 0.25) is 0 Å². The molecule has 3 rings (SSSR count). The average Bonchev–Trinajstić information content (AvgIpc) is 2.81. The minimum Gasteiger partial charge on any atom is -0.404 e. The van der Waals surface area contributed by atoms with Crippen LogP contribution in [0.2, 0.25) is 0 Å². The summed E-state index contributed by atoms with van der Waals surface area (Å²) in [4.78, 5) is 0. The molecule has 0 amide bonds. The Hall–Kier alpha value is -2.11. The van der Waals surface area contributed by atoms with Crippen molar-refractivity contribution < 1.29 is 13.2 Å². The summed E-state index contributed by atoms with van der Waals surface area (Å²) in [7, 11) is 0. The number of halogens is 3. The molecule has 0 fully saturated rings. The number of hydrogen-bond acceptors (Lipinski definition) is 2. The summed E-state index contributed by atoms with van der Waals surface area (Å²) < 4.78 is 37.7. The van der Waals surface area contributed by atoms with Gasteiger partial charge in [-0.1, -0.05) is 24.3 Å². The van der Waals surface area contributed by atoms with Gasteiger partial charge in [-0.25, -0.2) is 0 Å². The second kappa shape index (κ2) is 4.72. The van der Waals surface area contributed by atoms with Crippen molar-refractivity contribution in [3.63, 3.8) is 0 Å². The Labute approximate surface area is 121 Å². The molecule has 2 N–H and O–H groups in total. The van der Waals surface area contributed by atoms with Crippen molar-refractivity contribution in [1.29, 1.82) is 0 Å². The van der Waals surface area contributed by atoms with Gasteiger partial charge in [0, 0.05) is 11.4 Å². The minimum atomic E-state index is -4.30. The van der Waals surface area contributed by atoms with Crippen molar-refractivity contribution in [2.45, 2.75) is 20.0 Å². The van der Waals surface area contributed by atoms with Gasteiger partial charge in [0.05, 0.1) is 5.56 Å². The second-order valence-electron chi connectivity index (χ2n) is 5.32. The highest BCUT2D eigenvalue weighted by Crippen LogP contribution is 2.31. The molecule has 0 spiro atoms. The highest BCUT2D eigenvalue weighted by atomic mass is 19.4. The van der Waals surface area contributed by atoms with Crippen molar-refractivity contribution in [2.75, 3.05) is 10.5 Å². The Kier molecular flexibility index (Phi) is 3.12. The zero-order chi connectivity index (χ0) is 15.2. The van der Waals surface area contributed by atoms with Crippen LogP contribution in [0.15, 0.2) is 36.4 Å². The van der Waals surface area contributed by atoms with Crippen molar-refractivity contribution >= 4 is 23.8 Å². The maximum absolute atomic E-state index is 12.6. The zero-order valence-corrected chi connectivity index (χ0v) is 11.7. The molecule has 0 aliphatic carbocycles. The summed E-state index contributed by atoms with van der Waals surface area (Å²) in [5.41, 5.74) is 4.45. The van der Waals surface area contributed by atoms with Crippen LogP contribution in [0.3, 0.4) is 0 Å². The molecule has 21 heavy (non-hydrogen) atoms. The van der Waals surface area contributed by atoms with Crippen molar-refractivity contribution in [3.8, 4) is 0 Å². The molecule has 0 atom stereocenters. The summed E-state index contributed by atoms with van der Waals surface area (Å²) >= 11 is 0. The van der Waals surface area contributed by atoms with Gasteiger partial charge >= 0.3 is 13.2 Å². The van der Waals surface area contributed by atoms with E-state index in [0.717, 1.165) is 29.0 Å². The molecular formula is C15H14BF3N2. The normalized spacial score (nSPS) is 13.7. The molecule has 0 aromatic heterocycles. The van der Waals surface area contributed by atoms with Crippen molar-refractivity contribution in [2.24, 2.45) is 0 Å². The van der Waals surface area contributed by atoms with E-state index in [1.54, 1.807) is 0 Å². The number of alkyl halides is 3. The van der Waals surface area contributed by atoms with Crippen LogP contribution < -0.4 is 15.9 Å². The van der Waals surface area contributed by atoms with Crippen LogP contribution in [0.1, 0.15) is 16.7 Å². The van der Waals surface area contributed by atoms with E-state index >= 15 is 0 Å². The quantitative estimate of drug-likeness (QED) is 0.785. The highest BCUT2D eigenvalue weighted by Gasteiger charge is 2.32. The Morgan fingerprint density at radius 1 is 0.857 bits per heavy atom. The number of benzene rings is 2. The first-order chi connectivity index (χ1) is 9.84. The molecule has 1 aliphatic rings. The first-order valence-corrected chi connectivity index (χ1v) is 6.66. The standard InChI is InChI=1S/C15H14BF3N2/c1-9-7-13-14(8-10(9)2)21-16(20-13)12-5-3-11(4-6-12)15(17,18)19/h3-8,20-21H,1-2H3. The van der Waals surface area contributed by atoms with E-state index in [9.17, 15) is 13.2 Å². The summed E-state index contributed by atoms with van der Waals surface area (Å²) in [5.74, 6) is 0. The highest BCUT2D eigenvalue weighted by molar-refractivity contribution is 6.80. The largest absolute Gasteiger partial charge is 0.416 e. The Morgan fingerprint density at radius 3 is 1.76 bits per heavy atom. The van der Waals surface area contributed by atoms with Gasteiger partial charge < -0.3 is 10.5 Å². The molecule has 1 heterocycles. The summed E-state index contributed by atoms with van der Waals surface area (Å²) in [6, 6.07) is 9.30. The van der Waals surface area contributed by atoms with Crippen LogP contribution in [0, 0.1) is 13.8 Å². The lowest BCUT2D eigenvalue weighted by atomic mass is 9.69. The molecule has 2 aromatic carbocycles. The van der Waals surface area contributed by atoms with Crippen LogP contribution >= 0.6 is 0 Å². The van der Waals surface area contributed by atoms with Crippen molar-refractivity contribution in [1.82, 2.24) is 0 Å². The number of fused-ring (bicyclic) bond motifs is 1. The van der Waals surface area contributed by atoms with E-state index in [4.69, 9.17) is 0 Å². The lowest BCUT2D eigenvalue weighted by Crippen LogP contribution is -2.42. The Balaban J connectivity index is 1.84. The lowest BCUT2D eigenvalue weighted by molar-refractivity contribution is -0.137. The molecule has 6 heteroatoms. The van der Waals surface area contributed by atoms with Crippen LogP contribution in [0.25, 0.3) is 0 Å². The maximum atomic E-state index is 12.6. The number of aryl methyl sites for hydroxylation is 2. The third-order valence-electron chi connectivity index (χ3n) is 3.80. The second-order valence-corrected chi connectivity index (χ2v) is 5.32. The van der Waals surface area contributed by atoms with Crippen molar-refractivity contribution in [3.05, 3.63) is 53.1 Å². The van der Waals surface area contributed by atoms with Crippen LogP contribution in [0.4, 0.5) is 24.5 Å². The monoisotopic (exact) mass is 290 g/mol. The fourth-order valence-electron chi connectivity index (χ4n) is 2.43. The van der Waals surface area contributed by atoms with E-state index in [0.29, 0.717) is 0 Å². The molecule has 2 aromatic rings. The predicted octanol–water partition coefficient (Wildman–Crippen LogP) is 3.56. The number of rotatable bonds is 1. The molecule has 0 unspecified atom stereocenters. The molecular weight excluding hydrogens is 276 g/mol. The first kappa shape index (κ1) is 13.9. The van der Waals surface area contributed by atoms with Gasteiger partial charge in [-0.05, 0) is 42.6 Å².